The quantitative estimate of drug-likeness (QED) is 0.0834. The highest BCUT2D eigenvalue weighted by atomic mass is 28.4. The predicted octanol–water partition coefficient (Wildman–Crippen LogP) is 11.1. The van der Waals surface area contributed by atoms with Gasteiger partial charge < -0.3 is 4.43 Å². The molecule has 0 saturated heterocycles. The van der Waals surface area contributed by atoms with Crippen molar-refractivity contribution in [1.82, 2.24) is 0 Å². The maximum absolute atomic E-state index is 15.6. The number of rotatable bonds is 16. The number of hydrogen-bond acceptors (Lipinski definition) is 1. The van der Waals surface area contributed by atoms with Crippen LogP contribution in [-0.2, 0) is 0 Å². The molecule has 1 atom stereocenters. The topological polar surface area (TPSA) is 9.23 Å². The van der Waals surface area contributed by atoms with Crippen LogP contribution in [0.15, 0.2) is 0 Å². The molecule has 1 radical (unpaired) electrons. The van der Waals surface area contributed by atoms with Crippen LogP contribution in [0.3, 0.4) is 0 Å². The third-order valence-corrected chi connectivity index (χ3v) is 20.1. The summed E-state index contributed by atoms with van der Waals surface area (Å²) >= 11 is 0. The van der Waals surface area contributed by atoms with Crippen LogP contribution in [0.5, 0.6) is 5.75 Å². The summed E-state index contributed by atoms with van der Waals surface area (Å²) < 4.78 is 94.7. The zero-order chi connectivity index (χ0) is 28.7. The molecule has 0 aliphatic carbocycles. The van der Waals surface area contributed by atoms with Gasteiger partial charge in [-0.25, -0.2) is 22.0 Å². The van der Waals surface area contributed by atoms with Crippen molar-refractivity contribution >= 4 is 27.2 Å². The maximum atomic E-state index is 15.6. The molecule has 1 unspecified atom stereocenters. The van der Waals surface area contributed by atoms with E-state index in [0.29, 0.717) is 12.1 Å². The average Bonchev–Trinajstić information content (AvgIpc) is 2.89. The fraction of sp³-hybridized carbons (Fsp3) is 0.655. The van der Waals surface area contributed by atoms with Crippen molar-refractivity contribution in [2.24, 2.45) is 0 Å². The summed E-state index contributed by atoms with van der Waals surface area (Å²) in [5.41, 5.74) is -0.0608. The lowest BCUT2D eigenvalue weighted by Gasteiger charge is -2.39. The molecule has 215 valence electrons. The molecule has 2 aromatic carbocycles. The highest BCUT2D eigenvalue weighted by Gasteiger charge is 2.44. The molecule has 0 saturated carbocycles. The lowest BCUT2D eigenvalue weighted by molar-refractivity contribution is 0.406. The Morgan fingerprint density at radius 1 is 0.632 bits per heavy atom. The van der Waals surface area contributed by atoms with Crippen LogP contribution >= 0.6 is 0 Å². The van der Waals surface area contributed by atoms with Gasteiger partial charge in [-0.3, -0.25) is 0 Å². The van der Waals surface area contributed by atoms with Crippen molar-refractivity contribution in [2.45, 2.75) is 122 Å². The van der Waals surface area contributed by atoms with Crippen molar-refractivity contribution in [3.63, 3.8) is 0 Å². The van der Waals surface area contributed by atoms with Crippen LogP contribution in [0.25, 0.3) is 10.8 Å². The third-order valence-electron chi connectivity index (χ3n) is 8.77. The number of halogens is 6. The number of benzene rings is 2. The molecule has 0 amide bonds. The van der Waals surface area contributed by atoms with Gasteiger partial charge >= 0.3 is 0 Å². The highest BCUT2D eigenvalue weighted by Crippen LogP contribution is 2.43. The van der Waals surface area contributed by atoms with Gasteiger partial charge in [0, 0.05) is 0 Å². The predicted molar refractivity (Wildman–Crippen MR) is 149 cm³/mol. The van der Waals surface area contributed by atoms with Crippen molar-refractivity contribution in [1.29, 1.82) is 0 Å². The first kappa shape index (κ1) is 32.7. The van der Waals surface area contributed by atoms with E-state index in [1.807, 2.05) is 13.8 Å². The van der Waals surface area contributed by atoms with Crippen molar-refractivity contribution < 1.29 is 30.8 Å². The lowest BCUT2D eigenvalue weighted by Crippen LogP contribution is -2.47. The van der Waals surface area contributed by atoms with Crippen molar-refractivity contribution in [2.75, 3.05) is 0 Å². The van der Waals surface area contributed by atoms with Crippen LogP contribution in [0, 0.1) is 41.0 Å². The van der Waals surface area contributed by atoms with Gasteiger partial charge in [0.2, 0.25) is 5.82 Å². The van der Waals surface area contributed by atoms with E-state index < -0.39 is 67.8 Å². The average molecular weight is 578 g/mol. The summed E-state index contributed by atoms with van der Waals surface area (Å²) in [6.45, 7) is 12.6. The second-order valence-electron chi connectivity index (χ2n) is 11.0. The van der Waals surface area contributed by atoms with E-state index >= 15 is 13.2 Å². The molecule has 0 N–H and O–H groups in total. The smallest absolute Gasteiger partial charge is 0.253 e. The molecule has 38 heavy (non-hydrogen) atoms. The zero-order valence-corrected chi connectivity index (χ0v) is 25.7. The van der Waals surface area contributed by atoms with Gasteiger partial charge in [0.1, 0.15) is 5.82 Å². The van der Waals surface area contributed by atoms with E-state index in [2.05, 4.69) is 27.7 Å². The van der Waals surface area contributed by atoms with E-state index in [1.165, 1.54) is 6.07 Å². The number of fused-ring (bicyclic) bond motifs is 1. The van der Waals surface area contributed by atoms with Gasteiger partial charge in [-0.2, -0.15) is 4.39 Å². The first-order chi connectivity index (χ1) is 17.9. The van der Waals surface area contributed by atoms with Crippen LogP contribution in [-0.4, -0.2) is 16.4 Å². The molecular weight excluding hydrogens is 534 g/mol. The molecule has 0 bridgehead atoms. The minimum atomic E-state index is -2.97. The largest absolute Gasteiger partial charge is 0.539 e. The van der Waals surface area contributed by atoms with Gasteiger partial charge in [-0.15, -0.1) is 0 Å². The molecule has 2 aromatic rings. The van der Waals surface area contributed by atoms with E-state index in [0.717, 1.165) is 62.7 Å². The first-order valence-corrected chi connectivity index (χ1v) is 19.4. The Labute approximate surface area is 226 Å². The van der Waals surface area contributed by atoms with Crippen molar-refractivity contribution in [3.8, 4) is 5.75 Å². The van der Waals surface area contributed by atoms with E-state index in [4.69, 9.17) is 4.43 Å². The molecule has 1 nitrogen and oxygen atoms in total. The Morgan fingerprint density at radius 3 is 1.76 bits per heavy atom. The Hall–Kier alpha value is -1.49. The minimum Gasteiger partial charge on any atom is -0.539 e. The first-order valence-electron chi connectivity index (χ1n) is 14.2. The van der Waals surface area contributed by atoms with E-state index in [1.54, 1.807) is 0 Å². The summed E-state index contributed by atoms with van der Waals surface area (Å²) in [5, 5.41) is -2.58. The second-order valence-corrected chi connectivity index (χ2v) is 21.1. The fourth-order valence-corrected chi connectivity index (χ4v) is 15.2. The Kier molecular flexibility index (Phi) is 12.3. The zero-order valence-electron chi connectivity index (χ0n) is 23.7. The second kappa shape index (κ2) is 14.2. The van der Waals surface area contributed by atoms with Crippen LogP contribution < -0.4 is 4.43 Å². The van der Waals surface area contributed by atoms with Gasteiger partial charge in [0.15, 0.2) is 29.0 Å². The molecular formula is C29H43F6OSi2. The van der Waals surface area contributed by atoms with Crippen LogP contribution in [0.2, 0.25) is 41.8 Å². The Balaban J connectivity index is 2.60. The van der Waals surface area contributed by atoms with Crippen LogP contribution in [0.1, 0.15) is 80.1 Å². The summed E-state index contributed by atoms with van der Waals surface area (Å²) in [6, 6.07) is 6.89. The number of hydrogen-bond donors (Lipinski definition) is 0. The summed E-state index contributed by atoms with van der Waals surface area (Å²) in [6.07, 6.45) is 6.20. The lowest BCUT2D eigenvalue weighted by atomic mass is 10.1. The standard InChI is InChI=1S/C29H43F6OSi2/c1-7-11-12-13-14-15-16-38(20(5)6,18-17-37(8-2,9-3)10-4)36-29-27(34)23-21(30)19-22(31)25(32)24(23)26(33)28(29)35/h20H,7-18H2,1-6H3. The summed E-state index contributed by atoms with van der Waals surface area (Å²) in [4.78, 5) is 0. The molecule has 0 aliphatic rings. The normalized spacial score (nSPS) is 13.9. The molecule has 9 heteroatoms. The van der Waals surface area contributed by atoms with Gasteiger partial charge in [0.05, 0.1) is 24.9 Å². The monoisotopic (exact) mass is 577 g/mol. The van der Waals surface area contributed by atoms with E-state index in [-0.39, 0.29) is 5.54 Å². The van der Waals surface area contributed by atoms with Gasteiger partial charge in [-0.05, 0) is 17.6 Å². The summed E-state index contributed by atoms with van der Waals surface area (Å²) in [7, 11) is -4.59. The van der Waals surface area contributed by atoms with E-state index in [9.17, 15) is 13.2 Å². The van der Waals surface area contributed by atoms with Crippen LogP contribution in [0.4, 0.5) is 26.3 Å². The highest BCUT2D eigenvalue weighted by molar-refractivity contribution is 6.83. The SMILES string of the molecule is CCCCCCCC[Si](CC[Si](CC)(CC)CC)(Oc1c(F)c(F)c2c(F)c(F)[c]c(F)c2c1F)C(C)C. The molecule has 0 aromatic heterocycles. The van der Waals surface area contributed by atoms with Gasteiger partial charge in [0.25, 0.3) is 8.32 Å². The molecule has 0 aliphatic heterocycles. The Morgan fingerprint density at radius 2 is 1.21 bits per heavy atom. The third kappa shape index (κ3) is 6.98. The number of unbranched alkanes of at least 4 members (excludes halogenated alkanes) is 5. The fourth-order valence-electron chi connectivity index (χ4n) is 5.55. The van der Waals surface area contributed by atoms with Gasteiger partial charge in [-0.1, -0.05) is 104 Å². The molecule has 2 rings (SSSR count). The molecule has 0 fully saturated rings. The van der Waals surface area contributed by atoms with Crippen molar-refractivity contribution in [3.05, 3.63) is 41.0 Å². The molecule has 0 spiro atoms. The summed E-state index contributed by atoms with van der Waals surface area (Å²) in [5.74, 6) is -11.5. The Bertz CT molecular complexity index is 1070. The minimum absolute atomic E-state index is 0.0608. The molecule has 0 heterocycles. The maximum Gasteiger partial charge on any atom is 0.253 e.